The second-order valence-corrected chi connectivity index (χ2v) is 5.09. The minimum absolute atomic E-state index is 0.0851. The number of aromatic nitrogens is 1. The van der Waals surface area contributed by atoms with Gasteiger partial charge in [0, 0.05) is 27.2 Å². The minimum atomic E-state index is -0.190. The fourth-order valence-corrected chi connectivity index (χ4v) is 2.06. The number of amides is 2. The monoisotopic (exact) mass is 291 g/mol. The zero-order valence-corrected chi connectivity index (χ0v) is 13.6. The van der Waals surface area contributed by atoms with Crippen LogP contribution in [0.25, 0.3) is 0 Å². The van der Waals surface area contributed by atoms with Crippen molar-refractivity contribution in [2.24, 2.45) is 5.92 Å². The van der Waals surface area contributed by atoms with Gasteiger partial charge in [0.05, 0.1) is 0 Å². The van der Waals surface area contributed by atoms with Crippen molar-refractivity contribution in [1.82, 2.24) is 14.8 Å². The maximum atomic E-state index is 12.2. The average Bonchev–Trinajstić information content (AvgIpc) is 2.47. The SMILES string of the molecule is CC.CCC1CN(C(=O)c2cccc(C(=O)N(C)C)n2)C1. The molecule has 2 heterocycles. The van der Waals surface area contributed by atoms with Gasteiger partial charge in [0.15, 0.2) is 0 Å². The van der Waals surface area contributed by atoms with Gasteiger partial charge in [-0.05, 0) is 24.5 Å². The molecule has 116 valence electrons. The molecule has 0 saturated carbocycles. The van der Waals surface area contributed by atoms with E-state index in [0.29, 0.717) is 17.3 Å². The Labute approximate surface area is 127 Å². The number of carbonyl (C=O) groups is 2. The highest BCUT2D eigenvalue weighted by atomic mass is 16.2. The topological polar surface area (TPSA) is 53.5 Å². The summed E-state index contributed by atoms with van der Waals surface area (Å²) in [6.07, 6.45) is 1.09. The highest BCUT2D eigenvalue weighted by Crippen LogP contribution is 2.20. The maximum Gasteiger partial charge on any atom is 0.272 e. The molecule has 1 saturated heterocycles. The zero-order chi connectivity index (χ0) is 16.0. The van der Waals surface area contributed by atoms with Gasteiger partial charge in [-0.3, -0.25) is 9.59 Å². The molecule has 1 aromatic heterocycles. The van der Waals surface area contributed by atoms with E-state index in [1.807, 2.05) is 13.8 Å². The van der Waals surface area contributed by atoms with Crippen LogP contribution < -0.4 is 0 Å². The van der Waals surface area contributed by atoms with Crippen LogP contribution in [0.15, 0.2) is 18.2 Å². The summed E-state index contributed by atoms with van der Waals surface area (Å²) in [5.41, 5.74) is 0.658. The molecule has 2 rings (SSSR count). The summed E-state index contributed by atoms with van der Waals surface area (Å²) in [5, 5.41) is 0. The van der Waals surface area contributed by atoms with E-state index in [1.165, 1.54) is 4.90 Å². The Bertz CT molecular complexity index is 494. The summed E-state index contributed by atoms with van der Waals surface area (Å²) in [4.78, 5) is 31.4. The first-order chi connectivity index (χ1) is 10.0. The maximum absolute atomic E-state index is 12.2. The van der Waals surface area contributed by atoms with E-state index in [9.17, 15) is 9.59 Å². The molecule has 1 fully saturated rings. The molecule has 0 spiro atoms. The fourth-order valence-electron chi connectivity index (χ4n) is 2.06. The predicted octanol–water partition coefficient (Wildman–Crippen LogP) is 2.29. The van der Waals surface area contributed by atoms with Crippen LogP contribution in [0.4, 0.5) is 0 Å². The van der Waals surface area contributed by atoms with Crippen molar-refractivity contribution in [3.63, 3.8) is 0 Å². The molecule has 1 aliphatic heterocycles. The summed E-state index contributed by atoms with van der Waals surface area (Å²) >= 11 is 0. The van der Waals surface area contributed by atoms with Crippen molar-refractivity contribution in [3.05, 3.63) is 29.6 Å². The molecule has 0 aromatic carbocycles. The summed E-state index contributed by atoms with van der Waals surface area (Å²) in [5.74, 6) is 0.332. The van der Waals surface area contributed by atoms with E-state index in [4.69, 9.17) is 0 Å². The normalized spacial score (nSPS) is 13.9. The summed E-state index contributed by atoms with van der Waals surface area (Å²) in [7, 11) is 3.33. The van der Waals surface area contributed by atoms with Gasteiger partial charge in [-0.1, -0.05) is 26.8 Å². The third kappa shape index (κ3) is 4.03. The Morgan fingerprint density at radius 2 is 1.81 bits per heavy atom. The van der Waals surface area contributed by atoms with Crippen LogP contribution in [-0.2, 0) is 0 Å². The molecule has 0 bridgehead atoms. The Hall–Kier alpha value is -1.91. The van der Waals surface area contributed by atoms with Crippen LogP contribution in [0.5, 0.6) is 0 Å². The quantitative estimate of drug-likeness (QED) is 0.858. The lowest BCUT2D eigenvalue weighted by Crippen LogP contribution is -2.49. The highest BCUT2D eigenvalue weighted by Gasteiger charge is 2.30. The van der Waals surface area contributed by atoms with E-state index in [-0.39, 0.29) is 11.8 Å². The summed E-state index contributed by atoms with van der Waals surface area (Å²) in [6, 6.07) is 4.99. The molecule has 2 amide bonds. The molecule has 21 heavy (non-hydrogen) atoms. The molecule has 0 aliphatic carbocycles. The van der Waals surface area contributed by atoms with Crippen molar-refractivity contribution in [2.45, 2.75) is 27.2 Å². The number of carbonyl (C=O) groups excluding carboxylic acids is 2. The van der Waals surface area contributed by atoms with Crippen LogP contribution in [0.2, 0.25) is 0 Å². The Morgan fingerprint density at radius 1 is 1.24 bits per heavy atom. The van der Waals surface area contributed by atoms with E-state index < -0.39 is 0 Å². The van der Waals surface area contributed by atoms with Crippen molar-refractivity contribution in [1.29, 1.82) is 0 Å². The van der Waals surface area contributed by atoms with E-state index in [0.717, 1.165) is 19.5 Å². The van der Waals surface area contributed by atoms with Gasteiger partial charge in [0.2, 0.25) is 0 Å². The Morgan fingerprint density at radius 3 is 2.33 bits per heavy atom. The van der Waals surface area contributed by atoms with Crippen LogP contribution in [-0.4, -0.2) is 53.8 Å². The first-order valence-electron chi connectivity index (χ1n) is 7.51. The van der Waals surface area contributed by atoms with Gasteiger partial charge < -0.3 is 9.80 Å². The second kappa shape index (κ2) is 7.76. The smallest absolute Gasteiger partial charge is 0.272 e. The number of nitrogens with zero attached hydrogens (tertiary/aromatic N) is 3. The van der Waals surface area contributed by atoms with Gasteiger partial charge in [-0.15, -0.1) is 0 Å². The number of likely N-dealkylation sites (tertiary alicyclic amines) is 1. The number of rotatable bonds is 3. The summed E-state index contributed by atoms with van der Waals surface area (Å²) in [6.45, 7) is 7.72. The third-order valence-electron chi connectivity index (χ3n) is 3.42. The third-order valence-corrected chi connectivity index (χ3v) is 3.42. The van der Waals surface area contributed by atoms with Crippen LogP contribution in [0, 0.1) is 5.92 Å². The molecule has 0 N–H and O–H groups in total. The standard InChI is InChI=1S/C14H19N3O2.C2H6/c1-4-10-8-17(9-10)14(19)12-7-5-6-11(15-12)13(18)16(2)3;1-2/h5-7,10H,4,8-9H2,1-3H3;1-2H3. The second-order valence-electron chi connectivity index (χ2n) is 5.09. The molecule has 1 aromatic rings. The van der Waals surface area contributed by atoms with Crippen LogP contribution >= 0.6 is 0 Å². The van der Waals surface area contributed by atoms with Gasteiger partial charge in [-0.2, -0.15) is 0 Å². The Balaban J connectivity index is 0.00000106. The predicted molar refractivity (Wildman–Crippen MR) is 83.3 cm³/mol. The first kappa shape index (κ1) is 17.1. The van der Waals surface area contributed by atoms with E-state index in [2.05, 4.69) is 11.9 Å². The van der Waals surface area contributed by atoms with Gasteiger partial charge in [-0.25, -0.2) is 4.98 Å². The minimum Gasteiger partial charge on any atom is -0.343 e. The lowest BCUT2D eigenvalue weighted by atomic mass is 9.97. The fraction of sp³-hybridized carbons (Fsp3) is 0.562. The van der Waals surface area contributed by atoms with Crippen molar-refractivity contribution < 1.29 is 9.59 Å². The number of hydrogen-bond acceptors (Lipinski definition) is 3. The molecular weight excluding hydrogens is 266 g/mol. The Kier molecular flexibility index (Phi) is 6.34. The molecule has 1 aliphatic rings. The molecule has 0 atom stereocenters. The molecule has 5 heteroatoms. The van der Waals surface area contributed by atoms with Gasteiger partial charge in [0.1, 0.15) is 11.4 Å². The first-order valence-corrected chi connectivity index (χ1v) is 7.51. The largest absolute Gasteiger partial charge is 0.343 e. The van der Waals surface area contributed by atoms with Crippen LogP contribution in [0.3, 0.4) is 0 Å². The van der Waals surface area contributed by atoms with E-state index in [1.54, 1.807) is 37.2 Å². The number of hydrogen-bond donors (Lipinski definition) is 0. The molecule has 0 radical (unpaired) electrons. The average molecular weight is 291 g/mol. The zero-order valence-electron chi connectivity index (χ0n) is 13.6. The summed E-state index contributed by atoms with van der Waals surface area (Å²) < 4.78 is 0. The van der Waals surface area contributed by atoms with Crippen molar-refractivity contribution in [2.75, 3.05) is 27.2 Å². The lowest BCUT2D eigenvalue weighted by Gasteiger charge is -2.38. The van der Waals surface area contributed by atoms with Gasteiger partial charge in [0.25, 0.3) is 11.8 Å². The number of pyridine rings is 1. The molecule has 5 nitrogen and oxygen atoms in total. The molecular formula is C16H25N3O2. The lowest BCUT2D eigenvalue weighted by molar-refractivity contribution is 0.0488. The van der Waals surface area contributed by atoms with Crippen molar-refractivity contribution in [3.8, 4) is 0 Å². The molecule has 0 unspecified atom stereocenters. The highest BCUT2D eigenvalue weighted by molar-refractivity contribution is 5.96. The van der Waals surface area contributed by atoms with Crippen LogP contribution in [0.1, 0.15) is 48.2 Å². The van der Waals surface area contributed by atoms with Gasteiger partial charge >= 0.3 is 0 Å². The van der Waals surface area contributed by atoms with Crippen molar-refractivity contribution >= 4 is 11.8 Å². The van der Waals surface area contributed by atoms with E-state index >= 15 is 0 Å².